The summed E-state index contributed by atoms with van der Waals surface area (Å²) >= 11 is 0. The van der Waals surface area contributed by atoms with Crippen molar-refractivity contribution in [3.05, 3.63) is 53.9 Å². The molecule has 3 aromatic rings. The molecule has 1 aliphatic heterocycles. The van der Waals surface area contributed by atoms with Gasteiger partial charge in [-0.15, -0.1) is 0 Å². The Labute approximate surface area is 189 Å². The van der Waals surface area contributed by atoms with Crippen molar-refractivity contribution in [1.82, 2.24) is 14.5 Å². The predicted octanol–water partition coefficient (Wildman–Crippen LogP) is 4.04. The van der Waals surface area contributed by atoms with Crippen LogP contribution in [0.25, 0.3) is 16.7 Å². The van der Waals surface area contributed by atoms with Gasteiger partial charge < -0.3 is 14.7 Å². The van der Waals surface area contributed by atoms with Gasteiger partial charge in [0.15, 0.2) is 0 Å². The van der Waals surface area contributed by atoms with E-state index >= 15 is 0 Å². The molecule has 1 atom stereocenters. The largest absolute Gasteiger partial charge is 0.478 e. The molecule has 1 unspecified atom stereocenters. The Hall–Kier alpha value is -2.90. The van der Waals surface area contributed by atoms with Crippen molar-refractivity contribution in [2.75, 3.05) is 38.2 Å². The predicted molar refractivity (Wildman–Crippen MR) is 127 cm³/mol. The van der Waals surface area contributed by atoms with Gasteiger partial charge in [0, 0.05) is 51.1 Å². The quantitative estimate of drug-likeness (QED) is 0.603. The van der Waals surface area contributed by atoms with E-state index in [9.17, 15) is 9.90 Å². The zero-order chi connectivity index (χ0) is 22.8. The molecule has 2 heterocycles. The maximum atomic E-state index is 11.4. The minimum absolute atomic E-state index is 0.134. The molecule has 4 rings (SSSR count). The van der Waals surface area contributed by atoms with Gasteiger partial charge in [-0.2, -0.15) is 0 Å². The highest BCUT2D eigenvalue weighted by Crippen LogP contribution is 2.27. The van der Waals surface area contributed by atoms with Crippen LogP contribution in [0.5, 0.6) is 0 Å². The first-order valence-electron chi connectivity index (χ1n) is 11.2. The molecule has 0 saturated carbocycles. The molecule has 1 fully saturated rings. The summed E-state index contributed by atoms with van der Waals surface area (Å²) in [6, 6.07) is 13.7. The number of aromatic nitrogens is 2. The highest BCUT2D eigenvalue weighted by molar-refractivity contribution is 5.93. The maximum Gasteiger partial charge on any atom is 0.335 e. The third-order valence-corrected chi connectivity index (χ3v) is 6.18. The summed E-state index contributed by atoms with van der Waals surface area (Å²) < 4.78 is 7.64. The number of piperazine rings is 1. The molecule has 0 spiro atoms. The van der Waals surface area contributed by atoms with E-state index in [0.29, 0.717) is 11.4 Å². The molecule has 0 aliphatic carbocycles. The fourth-order valence-corrected chi connectivity index (χ4v) is 4.37. The number of imidazole rings is 1. The Balaban J connectivity index is 1.69. The Bertz CT molecular complexity index is 1100. The van der Waals surface area contributed by atoms with Crippen LogP contribution in [0, 0.1) is 5.92 Å². The fraction of sp³-hybridized carbons (Fsp3) is 0.440. The third-order valence-electron chi connectivity index (χ3n) is 6.18. The molecule has 7 nitrogen and oxygen atoms in total. The topological polar surface area (TPSA) is 70.8 Å². The number of methoxy groups -OCH3 is 1. The smallest absolute Gasteiger partial charge is 0.335 e. The number of fused-ring (bicyclic) bond motifs is 1. The van der Waals surface area contributed by atoms with Gasteiger partial charge >= 0.3 is 5.97 Å². The average molecular weight is 437 g/mol. The van der Waals surface area contributed by atoms with Crippen LogP contribution in [0.15, 0.2) is 42.5 Å². The van der Waals surface area contributed by atoms with Crippen molar-refractivity contribution in [2.45, 2.75) is 33.4 Å². The molecule has 32 heavy (non-hydrogen) atoms. The maximum absolute atomic E-state index is 11.4. The Morgan fingerprint density at radius 3 is 2.44 bits per heavy atom. The zero-order valence-corrected chi connectivity index (χ0v) is 19.3. The van der Waals surface area contributed by atoms with Gasteiger partial charge in [-0.1, -0.05) is 19.9 Å². The lowest BCUT2D eigenvalue weighted by atomic mass is 10.1. The zero-order valence-electron chi connectivity index (χ0n) is 19.3. The molecule has 170 valence electrons. The van der Waals surface area contributed by atoms with E-state index in [2.05, 4.69) is 59.4 Å². The minimum Gasteiger partial charge on any atom is -0.478 e. The van der Waals surface area contributed by atoms with Crippen LogP contribution < -0.4 is 4.90 Å². The first-order valence-corrected chi connectivity index (χ1v) is 11.2. The number of ether oxygens (including phenoxy) is 1. The Morgan fingerprint density at radius 1 is 1.06 bits per heavy atom. The molecule has 2 aromatic carbocycles. The Morgan fingerprint density at radius 2 is 1.78 bits per heavy atom. The number of aromatic carboxylic acids is 1. The van der Waals surface area contributed by atoms with E-state index < -0.39 is 5.97 Å². The van der Waals surface area contributed by atoms with E-state index in [1.54, 1.807) is 19.2 Å². The summed E-state index contributed by atoms with van der Waals surface area (Å²) in [4.78, 5) is 21.0. The van der Waals surface area contributed by atoms with Crippen molar-refractivity contribution < 1.29 is 14.6 Å². The monoisotopic (exact) mass is 436 g/mol. The number of nitrogens with zero attached hydrogens (tertiary/aromatic N) is 4. The van der Waals surface area contributed by atoms with Crippen molar-refractivity contribution in [2.24, 2.45) is 5.92 Å². The molecule has 1 saturated heterocycles. The summed E-state index contributed by atoms with van der Waals surface area (Å²) in [5, 5.41) is 9.38. The minimum atomic E-state index is -0.934. The van der Waals surface area contributed by atoms with Crippen LogP contribution >= 0.6 is 0 Å². The van der Waals surface area contributed by atoms with Crippen LogP contribution in [-0.2, 0) is 11.2 Å². The number of carboxylic acid groups (broad SMARTS) is 1. The van der Waals surface area contributed by atoms with Crippen LogP contribution in [0.1, 0.15) is 37.0 Å². The molecular formula is C25H32N4O3. The van der Waals surface area contributed by atoms with Gasteiger partial charge in [0.1, 0.15) is 12.1 Å². The summed E-state index contributed by atoms with van der Waals surface area (Å²) in [6.07, 6.45) is 0.949. The van der Waals surface area contributed by atoms with E-state index in [-0.39, 0.29) is 11.8 Å². The Kier molecular flexibility index (Phi) is 6.48. The summed E-state index contributed by atoms with van der Waals surface area (Å²) in [7, 11) is 1.75. The lowest BCUT2D eigenvalue weighted by molar-refractivity contribution is -0.0212. The number of carboxylic acids is 1. The number of anilines is 1. The normalized spacial score (nSPS) is 16.1. The van der Waals surface area contributed by atoms with Crippen LogP contribution in [0.2, 0.25) is 0 Å². The van der Waals surface area contributed by atoms with Crippen molar-refractivity contribution in [3.8, 4) is 5.69 Å². The molecule has 0 radical (unpaired) electrons. The van der Waals surface area contributed by atoms with Crippen molar-refractivity contribution >= 4 is 22.7 Å². The van der Waals surface area contributed by atoms with Gasteiger partial charge in [0.2, 0.25) is 0 Å². The summed E-state index contributed by atoms with van der Waals surface area (Å²) in [5.41, 5.74) is 4.15. The van der Waals surface area contributed by atoms with Gasteiger partial charge in [0.05, 0.1) is 16.6 Å². The van der Waals surface area contributed by atoms with Gasteiger partial charge in [-0.25, -0.2) is 9.78 Å². The molecule has 1 aliphatic rings. The molecule has 1 aromatic heterocycles. The van der Waals surface area contributed by atoms with E-state index in [0.717, 1.165) is 49.6 Å². The van der Waals surface area contributed by atoms with E-state index in [1.165, 1.54) is 5.69 Å². The lowest BCUT2D eigenvalue weighted by Crippen LogP contribution is -2.50. The van der Waals surface area contributed by atoms with E-state index in [4.69, 9.17) is 9.72 Å². The second-order valence-corrected chi connectivity index (χ2v) is 8.85. The molecule has 0 amide bonds. The van der Waals surface area contributed by atoms with Gasteiger partial charge in [-0.3, -0.25) is 9.47 Å². The third kappa shape index (κ3) is 4.49. The summed E-state index contributed by atoms with van der Waals surface area (Å²) in [5.74, 6) is 0.452. The standard InChI is InChI=1S/C25H32N4O3/c1-17(2)14-24-26-22-15-19(25(30)31)8-9-23(22)29(24)21-7-5-6-20(16-21)28-12-10-27(11-13-28)18(3)32-4/h5-9,15-18H,10-14H2,1-4H3,(H,30,31). The molecular weight excluding hydrogens is 404 g/mol. The molecule has 1 N–H and O–H groups in total. The number of hydrogen-bond acceptors (Lipinski definition) is 5. The number of hydrogen-bond donors (Lipinski definition) is 1. The second-order valence-electron chi connectivity index (χ2n) is 8.85. The van der Waals surface area contributed by atoms with Gasteiger partial charge in [0.25, 0.3) is 0 Å². The summed E-state index contributed by atoms with van der Waals surface area (Å²) in [6.45, 7) is 10.2. The highest BCUT2D eigenvalue weighted by Gasteiger charge is 2.22. The van der Waals surface area contributed by atoms with E-state index in [1.807, 2.05) is 6.07 Å². The SMILES string of the molecule is COC(C)N1CCN(c2cccc(-n3c(CC(C)C)nc4cc(C(=O)O)ccc43)c2)CC1. The molecule has 0 bridgehead atoms. The average Bonchev–Trinajstić information content (AvgIpc) is 3.15. The van der Waals surface area contributed by atoms with Crippen molar-refractivity contribution in [1.29, 1.82) is 0 Å². The number of carbonyl (C=O) groups is 1. The lowest BCUT2D eigenvalue weighted by Gasteiger charge is -2.38. The van der Waals surface area contributed by atoms with Gasteiger partial charge in [-0.05, 0) is 49.2 Å². The van der Waals surface area contributed by atoms with Crippen LogP contribution in [-0.4, -0.2) is 65.0 Å². The first-order chi connectivity index (χ1) is 15.4. The van der Waals surface area contributed by atoms with Crippen LogP contribution in [0.4, 0.5) is 5.69 Å². The van der Waals surface area contributed by atoms with Crippen molar-refractivity contribution in [3.63, 3.8) is 0 Å². The number of rotatable bonds is 7. The van der Waals surface area contributed by atoms with Crippen LogP contribution in [0.3, 0.4) is 0 Å². The number of benzene rings is 2. The first kappa shape index (κ1) is 22.3. The highest BCUT2D eigenvalue weighted by atomic mass is 16.5. The molecule has 7 heteroatoms. The fourth-order valence-electron chi connectivity index (χ4n) is 4.37. The second kappa shape index (κ2) is 9.30.